The molecule has 0 fully saturated rings. The second kappa shape index (κ2) is 6.75. The first-order valence-electron chi connectivity index (χ1n) is 6.80. The first kappa shape index (κ1) is 15.6. The maximum absolute atomic E-state index is 12.1. The van der Waals surface area contributed by atoms with Crippen LogP contribution in [0.3, 0.4) is 0 Å². The van der Waals surface area contributed by atoms with Gasteiger partial charge in [-0.05, 0) is 37.1 Å². The SMILES string of the molecule is CCCOc1cc(C)ccc1NC(=O)c1ccc([N+](=O)[O-])o1. The largest absolute Gasteiger partial charge is 0.491 e. The number of anilines is 1. The monoisotopic (exact) mass is 304 g/mol. The van der Waals surface area contributed by atoms with Crippen molar-refractivity contribution >= 4 is 17.5 Å². The fraction of sp³-hybridized carbons (Fsp3) is 0.267. The molecule has 0 radical (unpaired) electrons. The number of carbonyl (C=O) groups excluding carboxylic acids is 1. The Kier molecular flexibility index (Phi) is 4.77. The minimum absolute atomic E-state index is 0.131. The third-order valence-corrected chi connectivity index (χ3v) is 2.84. The summed E-state index contributed by atoms with van der Waals surface area (Å²) in [4.78, 5) is 21.9. The Morgan fingerprint density at radius 1 is 1.36 bits per heavy atom. The first-order chi connectivity index (χ1) is 10.5. The molecule has 7 heteroatoms. The van der Waals surface area contributed by atoms with Crippen molar-refractivity contribution in [2.75, 3.05) is 11.9 Å². The van der Waals surface area contributed by atoms with E-state index >= 15 is 0 Å². The van der Waals surface area contributed by atoms with E-state index in [1.807, 2.05) is 26.0 Å². The number of benzene rings is 1. The van der Waals surface area contributed by atoms with Crippen molar-refractivity contribution in [2.45, 2.75) is 20.3 Å². The van der Waals surface area contributed by atoms with Crippen LogP contribution in [-0.4, -0.2) is 17.4 Å². The molecule has 0 aliphatic heterocycles. The van der Waals surface area contributed by atoms with E-state index in [0.717, 1.165) is 18.1 Å². The highest BCUT2D eigenvalue weighted by molar-refractivity contribution is 6.03. The van der Waals surface area contributed by atoms with Gasteiger partial charge in [0.25, 0.3) is 5.91 Å². The summed E-state index contributed by atoms with van der Waals surface area (Å²) in [6.07, 6.45) is 0.839. The van der Waals surface area contributed by atoms with Gasteiger partial charge < -0.3 is 14.5 Å². The Morgan fingerprint density at radius 2 is 2.14 bits per heavy atom. The molecule has 7 nitrogen and oxygen atoms in total. The molecular formula is C15H16N2O5. The highest BCUT2D eigenvalue weighted by Crippen LogP contribution is 2.27. The van der Waals surface area contributed by atoms with Crippen LogP contribution < -0.4 is 10.1 Å². The number of nitrogens with zero attached hydrogens (tertiary/aromatic N) is 1. The molecule has 0 saturated heterocycles. The maximum Gasteiger partial charge on any atom is 0.433 e. The Balaban J connectivity index is 2.18. The molecule has 1 aromatic heterocycles. The van der Waals surface area contributed by atoms with E-state index in [-0.39, 0.29) is 5.76 Å². The van der Waals surface area contributed by atoms with Gasteiger partial charge in [0, 0.05) is 0 Å². The first-order valence-corrected chi connectivity index (χ1v) is 6.80. The van der Waals surface area contributed by atoms with Gasteiger partial charge in [-0.15, -0.1) is 0 Å². The average Bonchev–Trinajstić information content (AvgIpc) is 2.97. The number of rotatable bonds is 6. The van der Waals surface area contributed by atoms with E-state index in [2.05, 4.69) is 5.32 Å². The van der Waals surface area contributed by atoms with Gasteiger partial charge in [0.1, 0.15) is 10.7 Å². The van der Waals surface area contributed by atoms with E-state index < -0.39 is 16.7 Å². The van der Waals surface area contributed by atoms with Crippen LogP contribution in [0.5, 0.6) is 5.75 Å². The smallest absolute Gasteiger partial charge is 0.433 e. The molecule has 0 unspecified atom stereocenters. The number of aryl methyl sites for hydroxylation is 1. The van der Waals surface area contributed by atoms with E-state index in [0.29, 0.717) is 18.0 Å². The van der Waals surface area contributed by atoms with Gasteiger partial charge in [0.2, 0.25) is 0 Å². The number of hydrogen-bond acceptors (Lipinski definition) is 5. The molecular weight excluding hydrogens is 288 g/mol. The maximum atomic E-state index is 12.1. The average molecular weight is 304 g/mol. The summed E-state index contributed by atoms with van der Waals surface area (Å²) in [5.74, 6) is -0.625. The van der Waals surface area contributed by atoms with E-state index in [1.54, 1.807) is 6.07 Å². The zero-order valence-electron chi connectivity index (χ0n) is 12.3. The number of hydrogen-bond donors (Lipinski definition) is 1. The summed E-state index contributed by atoms with van der Waals surface area (Å²) < 4.78 is 10.5. The molecule has 1 aromatic carbocycles. The molecule has 0 aliphatic carbocycles. The van der Waals surface area contributed by atoms with E-state index in [4.69, 9.17) is 9.15 Å². The highest BCUT2D eigenvalue weighted by Gasteiger charge is 2.18. The van der Waals surface area contributed by atoms with Crippen molar-refractivity contribution < 1.29 is 18.9 Å². The lowest BCUT2D eigenvalue weighted by atomic mass is 10.2. The fourth-order valence-electron chi connectivity index (χ4n) is 1.80. The zero-order chi connectivity index (χ0) is 16.1. The number of nitro groups is 1. The molecule has 0 bridgehead atoms. The Bertz CT molecular complexity index is 693. The van der Waals surface area contributed by atoms with Gasteiger partial charge in [-0.3, -0.25) is 14.9 Å². The van der Waals surface area contributed by atoms with Crippen molar-refractivity contribution in [3.05, 3.63) is 51.8 Å². The Labute approximate surface area is 127 Å². The lowest BCUT2D eigenvalue weighted by Crippen LogP contribution is -2.12. The van der Waals surface area contributed by atoms with Crippen LogP contribution in [0.15, 0.2) is 34.7 Å². The standard InChI is InChI=1S/C15H16N2O5/c1-3-8-21-13-9-10(2)4-5-11(13)16-15(18)12-6-7-14(22-12)17(19)20/h4-7,9H,3,8H2,1-2H3,(H,16,18). The van der Waals surface area contributed by atoms with Gasteiger partial charge in [-0.2, -0.15) is 0 Å². The van der Waals surface area contributed by atoms with Crippen molar-refractivity contribution in [1.82, 2.24) is 0 Å². The van der Waals surface area contributed by atoms with Crippen LogP contribution in [0.2, 0.25) is 0 Å². The minimum Gasteiger partial charge on any atom is -0.491 e. The van der Waals surface area contributed by atoms with Crippen LogP contribution >= 0.6 is 0 Å². The molecule has 1 N–H and O–H groups in total. The molecule has 0 aliphatic rings. The summed E-state index contributed by atoms with van der Waals surface area (Å²) in [5.41, 5.74) is 1.49. The van der Waals surface area contributed by atoms with Gasteiger partial charge in [0.15, 0.2) is 5.76 Å². The Morgan fingerprint density at radius 3 is 2.77 bits per heavy atom. The molecule has 22 heavy (non-hydrogen) atoms. The molecule has 0 saturated carbocycles. The van der Waals surface area contributed by atoms with Crippen LogP contribution in [0, 0.1) is 17.0 Å². The summed E-state index contributed by atoms with van der Waals surface area (Å²) >= 11 is 0. The summed E-state index contributed by atoms with van der Waals surface area (Å²) in [5, 5.41) is 13.2. The van der Waals surface area contributed by atoms with Gasteiger partial charge in [0.05, 0.1) is 18.4 Å². The second-order valence-electron chi connectivity index (χ2n) is 4.70. The quantitative estimate of drug-likeness (QED) is 0.650. The fourth-order valence-corrected chi connectivity index (χ4v) is 1.80. The van der Waals surface area contributed by atoms with E-state index in [9.17, 15) is 14.9 Å². The molecule has 0 spiro atoms. The molecule has 2 aromatic rings. The number of furan rings is 1. The molecule has 1 amide bonds. The summed E-state index contributed by atoms with van der Waals surface area (Å²) in [7, 11) is 0. The topological polar surface area (TPSA) is 94.6 Å². The van der Waals surface area contributed by atoms with Crippen molar-refractivity contribution in [1.29, 1.82) is 0 Å². The van der Waals surface area contributed by atoms with Crippen LogP contribution in [0.4, 0.5) is 11.6 Å². The normalized spacial score (nSPS) is 10.3. The second-order valence-corrected chi connectivity index (χ2v) is 4.70. The number of amides is 1. The van der Waals surface area contributed by atoms with Crippen molar-refractivity contribution in [2.24, 2.45) is 0 Å². The lowest BCUT2D eigenvalue weighted by molar-refractivity contribution is -0.402. The zero-order valence-corrected chi connectivity index (χ0v) is 12.3. The lowest BCUT2D eigenvalue weighted by Gasteiger charge is -2.12. The van der Waals surface area contributed by atoms with Crippen LogP contribution in [0.1, 0.15) is 29.5 Å². The third kappa shape index (κ3) is 3.63. The molecule has 116 valence electrons. The summed E-state index contributed by atoms with van der Waals surface area (Å²) in [6.45, 7) is 4.43. The number of ether oxygens (including phenoxy) is 1. The van der Waals surface area contributed by atoms with Crippen molar-refractivity contribution in [3.63, 3.8) is 0 Å². The van der Waals surface area contributed by atoms with Gasteiger partial charge in [-0.25, -0.2) is 0 Å². The number of nitrogens with one attached hydrogen (secondary N) is 1. The molecule has 1 heterocycles. The van der Waals surface area contributed by atoms with E-state index in [1.165, 1.54) is 6.07 Å². The third-order valence-electron chi connectivity index (χ3n) is 2.84. The molecule has 2 rings (SSSR count). The molecule has 0 atom stereocenters. The minimum atomic E-state index is -0.696. The predicted octanol–water partition coefficient (Wildman–Crippen LogP) is 3.54. The highest BCUT2D eigenvalue weighted by atomic mass is 16.6. The Hall–Kier alpha value is -2.83. The van der Waals surface area contributed by atoms with Crippen LogP contribution in [-0.2, 0) is 0 Å². The predicted molar refractivity (Wildman–Crippen MR) is 80.3 cm³/mol. The van der Waals surface area contributed by atoms with Crippen molar-refractivity contribution in [3.8, 4) is 5.75 Å². The van der Waals surface area contributed by atoms with Gasteiger partial charge in [-0.1, -0.05) is 13.0 Å². The summed E-state index contributed by atoms with van der Waals surface area (Å²) in [6, 6.07) is 7.76. The van der Waals surface area contributed by atoms with Crippen LogP contribution in [0.25, 0.3) is 0 Å². The number of carbonyl (C=O) groups is 1. The van der Waals surface area contributed by atoms with Gasteiger partial charge >= 0.3 is 5.88 Å².